The number of amides is 1. The van der Waals surface area contributed by atoms with Gasteiger partial charge in [-0.1, -0.05) is 26.0 Å². The van der Waals surface area contributed by atoms with E-state index in [1.807, 2.05) is 0 Å². The van der Waals surface area contributed by atoms with Gasteiger partial charge in [-0.3, -0.25) is 9.59 Å². The van der Waals surface area contributed by atoms with Crippen molar-refractivity contribution in [3.63, 3.8) is 0 Å². The fourth-order valence-corrected chi connectivity index (χ4v) is 2.07. The molecular weight excluding hydrogens is 272 g/mol. The van der Waals surface area contributed by atoms with Crippen molar-refractivity contribution in [1.82, 2.24) is 10.3 Å². The summed E-state index contributed by atoms with van der Waals surface area (Å²) in [6, 6.07) is 5.78. The molecule has 1 heterocycles. The molecule has 2 rings (SSSR count). The van der Waals surface area contributed by atoms with Gasteiger partial charge < -0.3 is 15.4 Å². The van der Waals surface area contributed by atoms with Gasteiger partial charge in [0.2, 0.25) is 5.43 Å². The van der Waals surface area contributed by atoms with Gasteiger partial charge in [-0.15, -0.1) is 0 Å². The van der Waals surface area contributed by atoms with Crippen LogP contribution in [0.3, 0.4) is 0 Å². The van der Waals surface area contributed by atoms with Crippen LogP contribution in [0.25, 0.3) is 10.9 Å². The molecule has 0 aliphatic heterocycles. The summed E-state index contributed by atoms with van der Waals surface area (Å²) in [5.74, 6) is -2.11. The van der Waals surface area contributed by atoms with Crippen molar-refractivity contribution in [2.75, 3.05) is 0 Å². The Labute approximate surface area is 120 Å². The monoisotopic (exact) mass is 288 g/mol. The number of benzene rings is 1. The SMILES string of the molecule is CC(C)[C@H](NC(=O)c1c[nH]c2ccccc2c1=O)C(=O)O. The number of fused-ring (bicyclic) bond motifs is 1. The quantitative estimate of drug-likeness (QED) is 0.791. The van der Waals surface area contributed by atoms with Gasteiger partial charge in [0.15, 0.2) is 0 Å². The van der Waals surface area contributed by atoms with E-state index in [4.69, 9.17) is 5.11 Å². The number of nitrogens with one attached hydrogen (secondary N) is 2. The molecule has 1 aromatic heterocycles. The van der Waals surface area contributed by atoms with Crippen LogP contribution in [0.1, 0.15) is 24.2 Å². The standard InChI is InChI=1S/C15H16N2O4/c1-8(2)12(15(20)21)17-14(19)10-7-16-11-6-4-3-5-9(11)13(10)18/h3-8,12H,1-2H3,(H,16,18)(H,17,19)(H,20,21)/t12-/m0/s1. The van der Waals surface area contributed by atoms with Crippen molar-refractivity contribution in [3.8, 4) is 0 Å². The number of pyridine rings is 1. The summed E-state index contributed by atoms with van der Waals surface area (Å²) < 4.78 is 0. The molecule has 6 heteroatoms. The number of H-pyrrole nitrogens is 1. The minimum atomic E-state index is -1.13. The molecule has 0 spiro atoms. The zero-order valence-corrected chi connectivity index (χ0v) is 11.7. The van der Waals surface area contributed by atoms with Gasteiger partial charge in [-0.2, -0.15) is 0 Å². The van der Waals surface area contributed by atoms with Crippen LogP contribution in [0, 0.1) is 5.92 Å². The van der Waals surface area contributed by atoms with Crippen LogP contribution >= 0.6 is 0 Å². The van der Waals surface area contributed by atoms with Crippen LogP contribution in [0.4, 0.5) is 0 Å². The first-order chi connectivity index (χ1) is 9.91. The van der Waals surface area contributed by atoms with Crippen LogP contribution in [-0.2, 0) is 4.79 Å². The summed E-state index contributed by atoms with van der Waals surface area (Å²) in [6.45, 7) is 3.37. The van der Waals surface area contributed by atoms with Crippen LogP contribution in [0.15, 0.2) is 35.3 Å². The fourth-order valence-electron chi connectivity index (χ4n) is 2.07. The highest BCUT2D eigenvalue weighted by atomic mass is 16.4. The Bertz CT molecular complexity index is 749. The maximum absolute atomic E-state index is 12.3. The number of carbonyl (C=O) groups excluding carboxylic acids is 1. The zero-order chi connectivity index (χ0) is 15.6. The van der Waals surface area contributed by atoms with Crippen LogP contribution in [0.2, 0.25) is 0 Å². The fraction of sp³-hybridized carbons (Fsp3) is 0.267. The van der Waals surface area contributed by atoms with Crippen molar-refractivity contribution < 1.29 is 14.7 Å². The Kier molecular flexibility index (Phi) is 4.07. The molecule has 110 valence electrons. The molecule has 0 saturated carbocycles. The smallest absolute Gasteiger partial charge is 0.326 e. The van der Waals surface area contributed by atoms with Crippen molar-refractivity contribution in [1.29, 1.82) is 0 Å². The molecule has 3 N–H and O–H groups in total. The summed E-state index contributed by atoms with van der Waals surface area (Å²) in [7, 11) is 0. The van der Waals surface area contributed by atoms with Gasteiger partial charge in [0, 0.05) is 17.1 Å². The van der Waals surface area contributed by atoms with E-state index < -0.39 is 23.3 Å². The van der Waals surface area contributed by atoms with E-state index in [0.717, 1.165) is 0 Å². The van der Waals surface area contributed by atoms with Gasteiger partial charge in [0.05, 0.1) is 0 Å². The normalized spacial score (nSPS) is 12.3. The molecule has 1 atom stereocenters. The Morgan fingerprint density at radius 1 is 1.24 bits per heavy atom. The first-order valence-electron chi connectivity index (χ1n) is 6.56. The van der Waals surface area contributed by atoms with Crippen LogP contribution in [-0.4, -0.2) is 28.0 Å². The van der Waals surface area contributed by atoms with Gasteiger partial charge in [-0.05, 0) is 18.1 Å². The number of aliphatic carboxylic acids is 1. The third-order valence-electron chi connectivity index (χ3n) is 3.25. The number of carbonyl (C=O) groups is 2. The number of hydrogen-bond acceptors (Lipinski definition) is 3. The van der Waals surface area contributed by atoms with Gasteiger partial charge in [0.1, 0.15) is 11.6 Å². The van der Waals surface area contributed by atoms with E-state index in [0.29, 0.717) is 10.9 Å². The second kappa shape index (κ2) is 5.78. The van der Waals surface area contributed by atoms with Crippen LogP contribution < -0.4 is 10.7 Å². The molecule has 0 bridgehead atoms. The highest BCUT2D eigenvalue weighted by Gasteiger charge is 2.25. The maximum Gasteiger partial charge on any atom is 0.326 e. The number of aromatic amines is 1. The molecule has 1 amide bonds. The minimum absolute atomic E-state index is 0.0967. The number of aromatic nitrogens is 1. The second-order valence-corrected chi connectivity index (χ2v) is 5.11. The number of carboxylic acid groups (broad SMARTS) is 1. The molecule has 0 radical (unpaired) electrons. The highest BCUT2D eigenvalue weighted by Crippen LogP contribution is 2.08. The third kappa shape index (κ3) is 2.94. The Morgan fingerprint density at radius 2 is 1.90 bits per heavy atom. The van der Waals surface area contributed by atoms with Crippen LogP contribution in [0.5, 0.6) is 0 Å². The average molecular weight is 288 g/mol. The Morgan fingerprint density at radius 3 is 2.52 bits per heavy atom. The molecular formula is C15H16N2O4. The molecule has 6 nitrogen and oxygen atoms in total. The third-order valence-corrected chi connectivity index (χ3v) is 3.25. The lowest BCUT2D eigenvalue weighted by Crippen LogP contribution is -2.45. The second-order valence-electron chi connectivity index (χ2n) is 5.11. The first kappa shape index (κ1) is 14.8. The van der Waals surface area contributed by atoms with Gasteiger partial charge in [0.25, 0.3) is 5.91 Å². The highest BCUT2D eigenvalue weighted by molar-refractivity contribution is 5.98. The number of rotatable bonds is 4. The lowest BCUT2D eigenvalue weighted by atomic mass is 10.0. The summed E-state index contributed by atoms with van der Waals surface area (Å²) in [6.07, 6.45) is 1.30. The zero-order valence-electron chi connectivity index (χ0n) is 11.7. The number of para-hydroxylation sites is 1. The first-order valence-corrected chi connectivity index (χ1v) is 6.56. The number of carboxylic acids is 1. The molecule has 0 fully saturated rings. The van der Waals surface area contributed by atoms with Crippen molar-refractivity contribution in [2.24, 2.45) is 5.92 Å². The van der Waals surface area contributed by atoms with E-state index in [2.05, 4.69) is 10.3 Å². The molecule has 0 unspecified atom stereocenters. The lowest BCUT2D eigenvalue weighted by molar-refractivity contribution is -0.140. The summed E-state index contributed by atoms with van der Waals surface area (Å²) in [5.41, 5.74) is 0.105. The van der Waals surface area contributed by atoms with E-state index >= 15 is 0 Å². The van der Waals surface area contributed by atoms with Gasteiger partial charge >= 0.3 is 5.97 Å². The van der Waals surface area contributed by atoms with Crippen molar-refractivity contribution >= 4 is 22.8 Å². The molecule has 2 aromatic rings. The molecule has 0 aliphatic rings. The molecule has 0 aliphatic carbocycles. The molecule has 1 aromatic carbocycles. The predicted molar refractivity (Wildman–Crippen MR) is 78.3 cm³/mol. The van der Waals surface area contributed by atoms with E-state index in [-0.39, 0.29) is 11.5 Å². The minimum Gasteiger partial charge on any atom is -0.480 e. The van der Waals surface area contributed by atoms with Gasteiger partial charge in [-0.25, -0.2) is 4.79 Å². The average Bonchev–Trinajstić information content (AvgIpc) is 2.44. The molecule has 0 saturated heterocycles. The van der Waals surface area contributed by atoms with E-state index in [1.165, 1.54) is 6.20 Å². The summed E-state index contributed by atoms with van der Waals surface area (Å²) >= 11 is 0. The topological polar surface area (TPSA) is 99.3 Å². The molecule has 21 heavy (non-hydrogen) atoms. The largest absolute Gasteiger partial charge is 0.480 e. The van der Waals surface area contributed by atoms with E-state index in [1.54, 1.807) is 38.1 Å². The Balaban J connectivity index is 2.38. The maximum atomic E-state index is 12.3. The predicted octanol–water partition coefficient (Wildman–Crippen LogP) is 1.37. The van der Waals surface area contributed by atoms with E-state index in [9.17, 15) is 14.4 Å². The van der Waals surface area contributed by atoms with Crippen molar-refractivity contribution in [2.45, 2.75) is 19.9 Å². The summed E-state index contributed by atoms with van der Waals surface area (Å²) in [4.78, 5) is 38.4. The summed E-state index contributed by atoms with van der Waals surface area (Å²) in [5, 5.41) is 11.8. The van der Waals surface area contributed by atoms with Crippen molar-refractivity contribution in [3.05, 3.63) is 46.2 Å². The Hall–Kier alpha value is -2.63. The lowest BCUT2D eigenvalue weighted by Gasteiger charge is -2.17. The number of hydrogen-bond donors (Lipinski definition) is 3.